The molecule has 0 fully saturated rings. The van der Waals surface area contributed by atoms with Crippen molar-refractivity contribution in [1.82, 2.24) is 19.9 Å². The highest BCUT2D eigenvalue weighted by molar-refractivity contribution is 7.99. The van der Waals surface area contributed by atoms with Crippen LogP contribution in [0.4, 0.5) is 4.39 Å². The van der Waals surface area contributed by atoms with E-state index in [-0.39, 0.29) is 11.6 Å². The van der Waals surface area contributed by atoms with Crippen LogP contribution in [0.1, 0.15) is 23.2 Å². The number of rotatable bonds is 7. The third kappa shape index (κ3) is 4.21. The van der Waals surface area contributed by atoms with Gasteiger partial charge in [0.15, 0.2) is 11.6 Å². The molecule has 0 spiro atoms. The van der Waals surface area contributed by atoms with Gasteiger partial charge in [0.1, 0.15) is 5.82 Å². The summed E-state index contributed by atoms with van der Waals surface area (Å²) in [5.41, 5.74) is 1.31. The Hall–Kier alpha value is -2.74. The number of carbonyl (C=O) groups is 1. The fraction of sp³-hybridized carbons (Fsp3) is 0.176. The topological polar surface area (TPSA) is 86.7 Å². The van der Waals surface area contributed by atoms with Crippen molar-refractivity contribution < 1.29 is 9.18 Å². The number of carbonyl (C=O) groups excluding carboxylic acids is 1. The number of hydrogen-bond donors (Lipinski definition) is 1. The molecule has 1 aromatic carbocycles. The minimum Gasteiger partial charge on any atom is -0.335 e. The molecule has 25 heavy (non-hydrogen) atoms. The predicted molar refractivity (Wildman–Crippen MR) is 94.1 cm³/mol. The molecule has 2 heterocycles. The van der Waals surface area contributed by atoms with E-state index in [0.29, 0.717) is 35.1 Å². The van der Waals surface area contributed by atoms with Crippen molar-refractivity contribution in [3.63, 3.8) is 0 Å². The molecule has 0 atom stereocenters. The molecule has 8 heteroatoms. The van der Waals surface area contributed by atoms with Gasteiger partial charge in [-0.05, 0) is 42.8 Å². The number of nitrogen functional groups attached to an aromatic ring is 1. The van der Waals surface area contributed by atoms with Crippen molar-refractivity contribution in [2.24, 2.45) is 0 Å². The van der Waals surface area contributed by atoms with Gasteiger partial charge in [0.2, 0.25) is 5.16 Å². The van der Waals surface area contributed by atoms with Crippen LogP contribution < -0.4 is 5.84 Å². The van der Waals surface area contributed by atoms with Gasteiger partial charge in [-0.1, -0.05) is 11.8 Å². The quantitative estimate of drug-likeness (QED) is 0.303. The lowest BCUT2D eigenvalue weighted by Crippen LogP contribution is -2.11. The second-order valence-corrected chi connectivity index (χ2v) is 6.36. The fourth-order valence-corrected chi connectivity index (χ4v) is 3.04. The highest BCUT2D eigenvalue weighted by Crippen LogP contribution is 2.21. The van der Waals surface area contributed by atoms with Crippen LogP contribution in [0, 0.1) is 5.82 Å². The summed E-state index contributed by atoms with van der Waals surface area (Å²) in [5, 5.41) is 8.73. The Morgan fingerprint density at radius 1 is 1.20 bits per heavy atom. The second-order valence-electron chi connectivity index (χ2n) is 5.30. The van der Waals surface area contributed by atoms with Crippen molar-refractivity contribution >= 4 is 17.5 Å². The number of hydrogen-bond acceptors (Lipinski definition) is 6. The van der Waals surface area contributed by atoms with Gasteiger partial charge in [-0.3, -0.25) is 9.78 Å². The van der Waals surface area contributed by atoms with Crippen LogP contribution in [-0.4, -0.2) is 31.4 Å². The van der Waals surface area contributed by atoms with Gasteiger partial charge < -0.3 is 5.84 Å². The number of pyridine rings is 1. The van der Waals surface area contributed by atoms with Gasteiger partial charge in [-0.15, -0.1) is 10.2 Å². The summed E-state index contributed by atoms with van der Waals surface area (Å²) in [6.07, 6.45) is 4.39. The lowest BCUT2D eigenvalue weighted by atomic mass is 10.1. The van der Waals surface area contributed by atoms with E-state index in [1.165, 1.54) is 40.7 Å². The van der Waals surface area contributed by atoms with Gasteiger partial charge in [0, 0.05) is 35.7 Å². The summed E-state index contributed by atoms with van der Waals surface area (Å²) in [6, 6.07) is 9.24. The smallest absolute Gasteiger partial charge is 0.210 e. The first-order chi connectivity index (χ1) is 12.1. The maximum absolute atomic E-state index is 12.9. The highest BCUT2D eigenvalue weighted by Gasteiger charge is 2.12. The number of ketones is 1. The van der Waals surface area contributed by atoms with Crippen molar-refractivity contribution in [3.8, 4) is 11.4 Å². The molecular formula is C17H16FN5OS. The third-order valence-corrected chi connectivity index (χ3v) is 4.56. The summed E-state index contributed by atoms with van der Waals surface area (Å²) in [4.78, 5) is 16.1. The molecule has 0 bridgehead atoms. The zero-order chi connectivity index (χ0) is 17.6. The van der Waals surface area contributed by atoms with Crippen molar-refractivity contribution in [3.05, 3.63) is 60.2 Å². The van der Waals surface area contributed by atoms with Gasteiger partial charge in [0.05, 0.1) is 0 Å². The first-order valence-corrected chi connectivity index (χ1v) is 8.66. The number of nitrogens with zero attached hydrogens (tertiary/aromatic N) is 4. The zero-order valence-electron chi connectivity index (χ0n) is 13.3. The molecule has 6 nitrogen and oxygen atoms in total. The van der Waals surface area contributed by atoms with Crippen molar-refractivity contribution in [2.75, 3.05) is 11.6 Å². The van der Waals surface area contributed by atoms with Crippen LogP contribution in [0.2, 0.25) is 0 Å². The Bertz CT molecular complexity index is 851. The van der Waals surface area contributed by atoms with E-state index in [1.807, 2.05) is 6.07 Å². The number of halogens is 1. The maximum atomic E-state index is 12.9. The minimum atomic E-state index is -0.348. The summed E-state index contributed by atoms with van der Waals surface area (Å²) >= 11 is 1.43. The van der Waals surface area contributed by atoms with Gasteiger partial charge in [0.25, 0.3) is 0 Å². The molecule has 2 aromatic heterocycles. The Kier molecular flexibility index (Phi) is 5.39. The summed E-state index contributed by atoms with van der Waals surface area (Å²) in [6.45, 7) is 0. The molecule has 2 N–H and O–H groups in total. The summed E-state index contributed by atoms with van der Waals surface area (Å²) in [7, 11) is 0. The lowest BCUT2D eigenvalue weighted by molar-refractivity contribution is 0.0982. The number of thioether (sulfide) groups is 1. The van der Waals surface area contributed by atoms with Gasteiger partial charge >= 0.3 is 0 Å². The Morgan fingerprint density at radius 3 is 2.72 bits per heavy atom. The molecule has 0 radical (unpaired) electrons. The fourth-order valence-electron chi connectivity index (χ4n) is 2.24. The third-order valence-electron chi connectivity index (χ3n) is 3.53. The summed E-state index contributed by atoms with van der Waals surface area (Å²) in [5.74, 6) is 6.88. The maximum Gasteiger partial charge on any atom is 0.210 e. The first-order valence-electron chi connectivity index (χ1n) is 7.67. The molecule has 3 rings (SSSR count). The number of benzene rings is 1. The number of aromatic nitrogens is 4. The molecule has 0 amide bonds. The Morgan fingerprint density at radius 2 is 2.00 bits per heavy atom. The lowest BCUT2D eigenvalue weighted by Gasteiger charge is -2.04. The average molecular weight is 357 g/mol. The van der Waals surface area contributed by atoms with E-state index in [2.05, 4.69) is 15.2 Å². The van der Waals surface area contributed by atoms with E-state index in [0.717, 1.165) is 5.56 Å². The van der Waals surface area contributed by atoms with Gasteiger partial charge in [-0.2, -0.15) is 0 Å². The monoisotopic (exact) mass is 357 g/mol. The van der Waals surface area contributed by atoms with Crippen LogP contribution in [0.3, 0.4) is 0 Å². The van der Waals surface area contributed by atoms with E-state index < -0.39 is 0 Å². The molecule has 128 valence electrons. The molecule has 0 aliphatic rings. The average Bonchev–Trinajstić information content (AvgIpc) is 3.00. The molecule has 0 aliphatic heterocycles. The second kappa shape index (κ2) is 7.89. The van der Waals surface area contributed by atoms with Crippen LogP contribution >= 0.6 is 11.8 Å². The SMILES string of the molecule is Nn1c(SCCCC(=O)c2ccc(F)cc2)nnc1-c1cccnc1. The molecule has 0 saturated heterocycles. The number of nitrogens with two attached hydrogens (primary N) is 1. The van der Waals surface area contributed by atoms with Crippen molar-refractivity contribution in [1.29, 1.82) is 0 Å². The predicted octanol–water partition coefficient (Wildman–Crippen LogP) is 2.95. The summed E-state index contributed by atoms with van der Waals surface area (Å²) < 4.78 is 14.3. The first kappa shape index (κ1) is 17.1. The van der Waals surface area contributed by atoms with Gasteiger partial charge in [-0.25, -0.2) is 9.07 Å². The van der Waals surface area contributed by atoms with E-state index >= 15 is 0 Å². The van der Waals surface area contributed by atoms with E-state index in [4.69, 9.17) is 5.84 Å². The zero-order valence-corrected chi connectivity index (χ0v) is 14.1. The molecular weight excluding hydrogens is 341 g/mol. The van der Waals surface area contributed by atoms with E-state index in [1.54, 1.807) is 18.5 Å². The standard InChI is InChI=1S/C17H16FN5OS/c18-14-7-5-12(6-8-14)15(24)4-2-10-25-17-22-21-16(23(17)19)13-3-1-9-20-11-13/h1,3,5-9,11H,2,4,10,19H2. The molecule has 0 saturated carbocycles. The molecule has 0 aliphatic carbocycles. The molecule has 0 unspecified atom stereocenters. The Labute approximate surface area is 148 Å². The van der Waals surface area contributed by atoms with E-state index in [9.17, 15) is 9.18 Å². The van der Waals surface area contributed by atoms with Crippen LogP contribution in [0.15, 0.2) is 53.9 Å². The normalized spacial score (nSPS) is 10.8. The Balaban J connectivity index is 1.52. The van der Waals surface area contributed by atoms with Crippen LogP contribution in [0.25, 0.3) is 11.4 Å². The largest absolute Gasteiger partial charge is 0.335 e. The molecule has 3 aromatic rings. The van der Waals surface area contributed by atoms with Crippen LogP contribution in [0.5, 0.6) is 0 Å². The minimum absolute atomic E-state index is 0.00846. The number of Topliss-reactive ketones (excluding diaryl/α,β-unsaturated/α-hetero) is 1. The van der Waals surface area contributed by atoms with Crippen molar-refractivity contribution in [2.45, 2.75) is 18.0 Å². The van der Waals surface area contributed by atoms with Crippen LogP contribution in [-0.2, 0) is 0 Å². The highest BCUT2D eigenvalue weighted by atomic mass is 32.2.